The van der Waals surface area contributed by atoms with Gasteiger partial charge in [0.2, 0.25) is 0 Å². The fourth-order valence-corrected chi connectivity index (χ4v) is 9.89. The Morgan fingerprint density at radius 2 is 1.10 bits per heavy atom. The van der Waals surface area contributed by atoms with Crippen molar-refractivity contribution in [3.05, 3.63) is 219 Å². The molecule has 274 valence electrons. The van der Waals surface area contributed by atoms with E-state index in [2.05, 4.69) is 221 Å². The average molecular weight is 760 g/mol. The largest absolute Gasteiger partial charge is 0.355 e. The van der Waals surface area contributed by atoms with Gasteiger partial charge in [-0.2, -0.15) is 0 Å². The number of benzene rings is 8. The van der Waals surface area contributed by atoms with Crippen molar-refractivity contribution in [1.29, 1.82) is 0 Å². The third kappa shape index (κ3) is 5.65. The minimum Gasteiger partial charge on any atom is -0.355 e. The number of para-hydroxylation sites is 4. The first kappa shape index (κ1) is 33.9. The normalized spacial score (nSPS) is 13.8. The second-order valence-electron chi connectivity index (χ2n) is 14.7. The molecule has 1 aliphatic rings. The van der Waals surface area contributed by atoms with E-state index in [1.54, 1.807) is 0 Å². The summed E-state index contributed by atoms with van der Waals surface area (Å²) in [6, 6.07) is 64.9. The number of aromatic amines is 1. The summed E-state index contributed by atoms with van der Waals surface area (Å²) in [5.74, 6) is 0. The van der Waals surface area contributed by atoms with E-state index in [4.69, 9.17) is 0 Å². The molecule has 0 saturated heterocycles. The molecule has 8 aromatic carbocycles. The van der Waals surface area contributed by atoms with Crippen LogP contribution in [0, 0.1) is 0 Å². The number of fused-ring (bicyclic) bond motifs is 11. The van der Waals surface area contributed by atoms with Crippen LogP contribution >= 0.6 is 11.3 Å². The Morgan fingerprint density at radius 3 is 1.93 bits per heavy atom. The molecular weight excluding hydrogens is 723 g/mol. The summed E-state index contributed by atoms with van der Waals surface area (Å²) in [5.41, 5.74) is 13.1. The molecule has 0 atom stereocenters. The molecule has 0 saturated carbocycles. The second kappa shape index (κ2) is 14.0. The number of hydrogen-bond donors (Lipinski definition) is 1. The van der Waals surface area contributed by atoms with Crippen LogP contribution in [0.4, 0.5) is 11.4 Å². The molecule has 11 aromatic rings. The zero-order chi connectivity index (χ0) is 38.6. The van der Waals surface area contributed by atoms with E-state index in [0.717, 1.165) is 11.3 Å². The summed E-state index contributed by atoms with van der Waals surface area (Å²) in [4.78, 5) is 5.77. The fraction of sp³-hybridized carbons (Fsp3) is 0. The van der Waals surface area contributed by atoms with Crippen molar-refractivity contribution in [2.75, 3.05) is 4.90 Å². The van der Waals surface area contributed by atoms with E-state index in [-0.39, 0.29) is 0 Å². The van der Waals surface area contributed by atoms with E-state index >= 15 is 0 Å². The number of anilines is 2. The van der Waals surface area contributed by atoms with Crippen molar-refractivity contribution in [1.82, 2.24) is 9.55 Å². The molecule has 0 bridgehead atoms. The number of aromatic nitrogens is 2. The molecule has 4 heterocycles. The van der Waals surface area contributed by atoms with Crippen LogP contribution in [0.3, 0.4) is 0 Å². The smallest absolute Gasteiger partial charge is 0.0548 e. The van der Waals surface area contributed by atoms with Crippen molar-refractivity contribution in [2.45, 2.75) is 0 Å². The van der Waals surface area contributed by atoms with Gasteiger partial charge in [0.15, 0.2) is 0 Å². The Kier molecular flexibility index (Phi) is 8.16. The van der Waals surface area contributed by atoms with Crippen molar-refractivity contribution in [2.24, 2.45) is 0 Å². The highest BCUT2D eigenvalue weighted by atomic mass is 32.1. The number of thiophene rings is 1. The molecule has 3 aromatic heterocycles. The molecule has 0 radical (unpaired) electrons. The Balaban J connectivity index is 0.000000136. The van der Waals surface area contributed by atoms with Crippen LogP contribution in [-0.2, 0) is 0 Å². The van der Waals surface area contributed by atoms with Crippen molar-refractivity contribution in [3.63, 3.8) is 0 Å². The summed E-state index contributed by atoms with van der Waals surface area (Å²) in [5, 5.41) is 7.71. The number of hydrogen-bond acceptors (Lipinski definition) is 2. The molecule has 0 spiro atoms. The first-order valence-corrected chi connectivity index (χ1v) is 20.4. The lowest BCUT2D eigenvalue weighted by molar-refractivity contribution is 1.18. The summed E-state index contributed by atoms with van der Waals surface area (Å²) < 4.78 is 4.98. The molecule has 58 heavy (non-hydrogen) atoms. The van der Waals surface area contributed by atoms with Gasteiger partial charge >= 0.3 is 0 Å². The van der Waals surface area contributed by atoms with Crippen LogP contribution < -0.4 is 4.90 Å². The zero-order valence-corrected chi connectivity index (χ0v) is 32.5. The second-order valence-corrected chi connectivity index (χ2v) is 15.8. The molecule has 1 aliphatic heterocycles. The maximum absolute atomic E-state index is 4.36. The van der Waals surface area contributed by atoms with Crippen LogP contribution in [0.5, 0.6) is 0 Å². The monoisotopic (exact) mass is 759 g/mol. The van der Waals surface area contributed by atoms with E-state index in [1.807, 2.05) is 17.4 Å². The fourth-order valence-electron chi connectivity index (χ4n) is 8.61. The number of rotatable bonds is 3. The molecule has 0 fully saturated rings. The maximum atomic E-state index is 4.36. The quantitative estimate of drug-likeness (QED) is 0.191. The van der Waals surface area contributed by atoms with Crippen molar-refractivity contribution in [3.8, 4) is 16.8 Å². The Hall–Kier alpha value is -7.40. The minimum atomic E-state index is 1.04. The van der Waals surface area contributed by atoms with E-state index in [0.29, 0.717) is 0 Å². The number of H-pyrrole nitrogens is 1. The van der Waals surface area contributed by atoms with Gasteiger partial charge in [-0.15, -0.1) is 11.3 Å². The number of allylic oxidation sites excluding steroid dienone is 4. The maximum Gasteiger partial charge on any atom is 0.0548 e. The van der Waals surface area contributed by atoms with Gasteiger partial charge in [-0.1, -0.05) is 128 Å². The molecular formula is C54H37N3S. The van der Waals surface area contributed by atoms with E-state index in [9.17, 15) is 0 Å². The van der Waals surface area contributed by atoms with Gasteiger partial charge in [0.25, 0.3) is 0 Å². The lowest BCUT2D eigenvalue weighted by Crippen LogP contribution is -2.11. The van der Waals surface area contributed by atoms with Gasteiger partial charge in [-0.25, -0.2) is 0 Å². The number of nitrogens with zero attached hydrogens (tertiary/aromatic N) is 2. The zero-order valence-electron chi connectivity index (χ0n) is 31.6. The van der Waals surface area contributed by atoms with Crippen LogP contribution in [0.15, 0.2) is 213 Å². The highest BCUT2D eigenvalue weighted by Gasteiger charge is 2.19. The SMILES string of the molecule is C=C1/C=C\C=C/N(c2ccccc2)c2ccc3c(sc4ccccc43)c21.c1ccc(-n2c3ccccc3c3cc(-c4ccc5[nH]c6ccccc6c5c4)ccc32)cc1. The highest BCUT2D eigenvalue weighted by Crippen LogP contribution is 2.45. The van der Waals surface area contributed by atoms with Gasteiger partial charge in [0.05, 0.1) is 16.7 Å². The van der Waals surface area contributed by atoms with Crippen molar-refractivity contribution < 1.29 is 0 Å². The lowest BCUT2D eigenvalue weighted by Gasteiger charge is -2.25. The minimum absolute atomic E-state index is 1.04. The summed E-state index contributed by atoms with van der Waals surface area (Å²) in [7, 11) is 0. The predicted molar refractivity (Wildman–Crippen MR) is 251 cm³/mol. The van der Waals surface area contributed by atoms with E-state index < -0.39 is 0 Å². The van der Waals surface area contributed by atoms with Gasteiger partial charge in [-0.3, -0.25) is 0 Å². The van der Waals surface area contributed by atoms with Gasteiger partial charge in [0.1, 0.15) is 0 Å². The number of nitrogens with one attached hydrogen (secondary N) is 1. The predicted octanol–water partition coefficient (Wildman–Crippen LogP) is 15.4. The third-order valence-electron chi connectivity index (χ3n) is 11.3. The molecule has 1 N–H and O–H groups in total. The summed E-state index contributed by atoms with van der Waals surface area (Å²) in [6.45, 7) is 4.36. The molecule has 0 aliphatic carbocycles. The van der Waals surface area contributed by atoms with Gasteiger partial charge < -0.3 is 14.5 Å². The summed E-state index contributed by atoms with van der Waals surface area (Å²) in [6.07, 6.45) is 8.35. The first-order chi connectivity index (χ1) is 28.7. The van der Waals surface area contributed by atoms with Crippen LogP contribution in [0.2, 0.25) is 0 Å². The molecule has 4 heteroatoms. The van der Waals surface area contributed by atoms with Crippen LogP contribution in [-0.4, -0.2) is 9.55 Å². The molecule has 0 unspecified atom stereocenters. The van der Waals surface area contributed by atoms with Gasteiger partial charge in [-0.05, 0) is 95.6 Å². The Bertz CT molecular complexity index is 3420. The van der Waals surface area contributed by atoms with Crippen LogP contribution in [0.1, 0.15) is 5.56 Å². The van der Waals surface area contributed by atoms with Crippen LogP contribution in [0.25, 0.3) is 86.2 Å². The topological polar surface area (TPSA) is 24.0 Å². The third-order valence-corrected chi connectivity index (χ3v) is 12.5. The molecule has 3 nitrogen and oxygen atoms in total. The lowest BCUT2D eigenvalue weighted by atomic mass is 9.99. The molecule has 12 rings (SSSR count). The summed E-state index contributed by atoms with van der Waals surface area (Å²) >= 11 is 1.85. The first-order valence-electron chi connectivity index (χ1n) is 19.6. The average Bonchev–Trinajstić information content (AvgIpc) is 3.95. The standard InChI is InChI=1S/C30H20N2.C24H17NS/c1-2-8-22(9-3-1)32-29-13-7-5-11-24(29)26-19-21(15-17-30(26)32)20-14-16-28-25(18-20)23-10-4-6-12-27(23)31-28;1-17-9-7-8-16-25(18-10-3-2-4-11-18)21-15-14-20-19-12-5-6-13-22(19)26-24(20)23(17)21/h1-19,31H;2-16H,1H2/b;9-7-,16-8-. The Labute approximate surface area is 340 Å². The Morgan fingerprint density at radius 1 is 0.466 bits per heavy atom. The van der Waals surface area contributed by atoms with E-state index in [1.165, 1.54) is 91.8 Å². The molecule has 0 amide bonds. The highest BCUT2D eigenvalue weighted by molar-refractivity contribution is 7.26. The van der Waals surface area contributed by atoms with Gasteiger partial charge in [0, 0.05) is 75.9 Å². The van der Waals surface area contributed by atoms with Crippen molar-refractivity contribution >= 4 is 92.1 Å².